The van der Waals surface area contributed by atoms with Gasteiger partial charge in [0.2, 0.25) is 0 Å². The Morgan fingerprint density at radius 3 is 1.63 bits per heavy atom. The van der Waals surface area contributed by atoms with Gasteiger partial charge in [0.25, 0.3) is 0 Å². The van der Waals surface area contributed by atoms with Crippen molar-refractivity contribution >= 4 is 0 Å². The molecule has 0 aromatic rings. The van der Waals surface area contributed by atoms with E-state index < -0.39 is 5.54 Å². The highest BCUT2D eigenvalue weighted by molar-refractivity contribution is 4.88. The maximum Gasteiger partial charge on any atom is 0.0647 e. The van der Waals surface area contributed by atoms with Crippen LogP contribution in [-0.4, -0.2) is 35.0 Å². The number of hydrogen-bond acceptors (Lipinski definition) is 3. The lowest BCUT2D eigenvalue weighted by atomic mass is 9.93. The second kappa shape index (κ2) is 11.7. The molecular formula is C16H35NO2. The van der Waals surface area contributed by atoms with E-state index in [9.17, 15) is 10.2 Å². The van der Waals surface area contributed by atoms with Crippen molar-refractivity contribution in [3.8, 4) is 0 Å². The number of rotatable bonds is 13. The van der Waals surface area contributed by atoms with Gasteiger partial charge in [0.1, 0.15) is 0 Å². The third kappa shape index (κ3) is 7.91. The van der Waals surface area contributed by atoms with Crippen LogP contribution in [0.5, 0.6) is 0 Å². The van der Waals surface area contributed by atoms with E-state index >= 15 is 0 Å². The number of hydrogen-bond donors (Lipinski definition) is 3. The Morgan fingerprint density at radius 2 is 1.32 bits per heavy atom. The van der Waals surface area contributed by atoms with Gasteiger partial charge in [-0.25, -0.2) is 0 Å². The highest BCUT2D eigenvalue weighted by Crippen LogP contribution is 2.17. The number of nitrogens with one attached hydrogen (secondary N) is 1. The third-order valence-corrected chi connectivity index (χ3v) is 4.10. The van der Waals surface area contributed by atoms with E-state index in [0.29, 0.717) is 6.04 Å². The summed E-state index contributed by atoms with van der Waals surface area (Å²) in [5.41, 5.74) is -0.497. The highest BCUT2D eigenvalue weighted by Gasteiger charge is 2.28. The monoisotopic (exact) mass is 273 g/mol. The van der Waals surface area contributed by atoms with E-state index in [2.05, 4.69) is 19.2 Å². The second-order valence-corrected chi connectivity index (χ2v) is 5.78. The van der Waals surface area contributed by atoms with Crippen molar-refractivity contribution in [1.29, 1.82) is 0 Å². The van der Waals surface area contributed by atoms with Crippen LogP contribution in [0.3, 0.4) is 0 Å². The predicted molar refractivity (Wildman–Crippen MR) is 82.4 cm³/mol. The van der Waals surface area contributed by atoms with E-state index in [1.807, 2.05) is 6.92 Å². The van der Waals surface area contributed by atoms with Crippen LogP contribution in [0.4, 0.5) is 0 Å². The zero-order valence-corrected chi connectivity index (χ0v) is 13.2. The van der Waals surface area contributed by atoms with Crippen molar-refractivity contribution in [2.45, 2.75) is 90.1 Å². The molecule has 3 N–H and O–H groups in total. The van der Waals surface area contributed by atoms with E-state index in [0.717, 1.165) is 19.3 Å². The van der Waals surface area contributed by atoms with Crippen LogP contribution < -0.4 is 5.32 Å². The summed E-state index contributed by atoms with van der Waals surface area (Å²) in [6, 6.07) is 0.428. The molecule has 0 atom stereocenters. The van der Waals surface area contributed by atoms with Crippen molar-refractivity contribution in [1.82, 2.24) is 5.32 Å². The molecule has 0 saturated heterocycles. The lowest BCUT2D eigenvalue weighted by Crippen LogP contribution is -2.55. The molecule has 0 aromatic carbocycles. The van der Waals surface area contributed by atoms with Crippen molar-refractivity contribution in [3.63, 3.8) is 0 Å². The average Bonchev–Trinajstić information content (AvgIpc) is 2.45. The molecule has 0 aromatic heterocycles. The summed E-state index contributed by atoms with van der Waals surface area (Å²) >= 11 is 0. The van der Waals surface area contributed by atoms with Gasteiger partial charge < -0.3 is 15.5 Å². The molecule has 0 fully saturated rings. The minimum Gasteiger partial charge on any atom is -0.394 e. The summed E-state index contributed by atoms with van der Waals surface area (Å²) in [4.78, 5) is 0. The maximum atomic E-state index is 9.55. The standard InChI is InChI=1S/C16H35NO2/c1-4-7-9-11-15(12-10-8-5-2)17-16(6-3,13-18)14-19/h15,17-19H,4-14H2,1-3H3. The molecule has 19 heavy (non-hydrogen) atoms. The molecule has 3 heteroatoms. The van der Waals surface area contributed by atoms with Gasteiger partial charge in [0.15, 0.2) is 0 Å². The molecule has 0 rings (SSSR count). The highest BCUT2D eigenvalue weighted by atomic mass is 16.3. The Kier molecular flexibility index (Phi) is 11.6. The maximum absolute atomic E-state index is 9.55. The van der Waals surface area contributed by atoms with Crippen LogP contribution in [0.1, 0.15) is 78.6 Å². The Labute approximate surface area is 119 Å². The van der Waals surface area contributed by atoms with Crippen molar-refractivity contribution in [2.24, 2.45) is 0 Å². The summed E-state index contributed by atoms with van der Waals surface area (Å²) in [5.74, 6) is 0. The first-order chi connectivity index (χ1) is 9.17. The van der Waals surface area contributed by atoms with Gasteiger partial charge in [-0.05, 0) is 19.3 Å². The smallest absolute Gasteiger partial charge is 0.0647 e. The van der Waals surface area contributed by atoms with Crippen LogP contribution in [-0.2, 0) is 0 Å². The SMILES string of the molecule is CCCCCC(CCCCC)NC(CC)(CO)CO. The number of aliphatic hydroxyl groups is 2. The molecule has 0 saturated carbocycles. The van der Waals surface area contributed by atoms with E-state index in [1.54, 1.807) is 0 Å². The molecule has 0 spiro atoms. The van der Waals surface area contributed by atoms with Gasteiger partial charge in [-0.2, -0.15) is 0 Å². The van der Waals surface area contributed by atoms with Gasteiger partial charge in [-0.15, -0.1) is 0 Å². The quantitative estimate of drug-likeness (QED) is 0.452. The first-order valence-corrected chi connectivity index (χ1v) is 8.17. The Bertz CT molecular complexity index is 175. The Balaban J connectivity index is 4.35. The summed E-state index contributed by atoms with van der Waals surface area (Å²) in [7, 11) is 0. The summed E-state index contributed by atoms with van der Waals surface area (Å²) in [5, 5.41) is 22.6. The van der Waals surface area contributed by atoms with Crippen LogP contribution in [0, 0.1) is 0 Å². The number of unbranched alkanes of at least 4 members (excludes halogenated alkanes) is 4. The fourth-order valence-corrected chi connectivity index (χ4v) is 2.47. The second-order valence-electron chi connectivity index (χ2n) is 5.78. The zero-order chi connectivity index (χ0) is 14.6. The molecule has 0 amide bonds. The predicted octanol–water partition coefficient (Wildman–Crippen LogP) is 3.24. The lowest BCUT2D eigenvalue weighted by molar-refractivity contribution is 0.0745. The van der Waals surface area contributed by atoms with Crippen molar-refractivity contribution in [2.75, 3.05) is 13.2 Å². The van der Waals surface area contributed by atoms with Gasteiger partial charge in [-0.1, -0.05) is 59.3 Å². The minimum absolute atomic E-state index is 0.0120. The fourth-order valence-electron chi connectivity index (χ4n) is 2.47. The normalized spacial score (nSPS) is 12.3. The van der Waals surface area contributed by atoms with Crippen molar-refractivity contribution < 1.29 is 10.2 Å². The molecule has 0 unspecified atom stereocenters. The summed E-state index contributed by atoms with van der Waals surface area (Å²) < 4.78 is 0. The molecule has 0 aliphatic heterocycles. The van der Waals surface area contributed by atoms with Gasteiger partial charge in [0.05, 0.1) is 18.8 Å². The molecule has 116 valence electrons. The molecular weight excluding hydrogens is 238 g/mol. The first kappa shape index (κ1) is 18.9. The van der Waals surface area contributed by atoms with Crippen molar-refractivity contribution in [3.05, 3.63) is 0 Å². The van der Waals surface area contributed by atoms with E-state index in [1.165, 1.54) is 38.5 Å². The van der Waals surface area contributed by atoms with E-state index in [4.69, 9.17) is 0 Å². The first-order valence-electron chi connectivity index (χ1n) is 8.17. The molecule has 0 aliphatic carbocycles. The number of aliphatic hydroxyl groups excluding tert-OH is 2. The van der Waals surface area contributed by atoms with Gasteiger partial charge >= 0.3 is 0 Å². The average molecular weight is 273 g/mol. The van der Waals surface area contributed by atoms with Gasteiger partial charge in [0, 0.05) is 6.04 Å². The van der Waals surface area contributed by atoms with Crippen LogP contribution in [0.25, 0.3) is 0 Å². The van der Waals surface area contributed by atoms with Crippen LogP contribution >= 0.6 is 0 Å². The molecule has 3 nitrogen and oxygen atoms in total. The molecule has 0 heterocycles. The van der Waals surface area contributed by atoms with Crippen LogP contribution in [0.2, 0.25) is 0 Å². The molecule has 0 bridgehead atoms. The summed E-state index contributed by atoms with van der Waals surface area (Å²) in [6.07, 6.45) is 10.5. The molecule has 0 radical (unpaired) electrons. The Morgan fingerprint density at radius 1 is 0.842 bits per heavy atom. The molecule has 0 aliphatic rings. The Hall–Kier alpha value is -0.120. The van der Waals surface area contributed by atoms with Crippen LogP contribution in [0.15, 0.2) is 0 Å². The zero-order valence-electron chi connectivity index (χ0n) is 13.2. The topological polar surface area (TPSA) is 52.5 Å². The fraction of sp³-hybridized carbons (Fsp3) is 1.00. The largest absolute Gasteiger partial charge is 0.394 e. The minimum atomic E-state index is -0.497. The van der Waals surface area contributed by atoms with Gasteiger partial charge in [-0.3, -0.25) is 0 Å². The third-order valence-electron chi connectivity index (χ3n) is 4.10. The summed E-state index contributed by atoms with van der Waals surface area (Å²) in [6.45, 7) is 6.49. The van der Waals surface area contributed by atoms with E-state index in [-0.39, 0.29) is 13.2 Å². The lowest BCUT2D eigenvalue weighted by Gasteiger charge is -2.35.